The largest absolute Gasteiger partial charge is 0.0955 e. The predicted molar refractivity (Wildman–Crippen MR) is 84.6 cm³/mol. The zero-order chi connectivity index (χ0) is 13.6. The van der Waals surface area contributed by atoms with Crippen molar-refractivity contribution in [3.63, 3.8) is 0 Å². The SMILES string of the molecule is C=C(C)c1ccc2c3c(ccc2c1)C(C)(C)CCC3. The molecule has 0 unspecified atom stereocenters. The molecule has 1 aliphatic rings. The molecule has 0 aliphatic heterocycles. The lowest BCUT2D eigenvalue weighted by molar-refractivity contribution is 0.433. The van der Waals surface area contributed by atoms with Crippen LogP contribution in [0.3, 0.4) is 0 Å². The molecule has 1 aliphatic carbocycles. The number of fused-ring (bicyclic) bond motifs is 3. The zero-order valence-electron chi connectivity index (χ0n) is 12.2. The summed E-state index contributed by atoms with van der Waals surface area (Å²) in [6, 6.07) is 11.4. The molecule has 0 saturated heterocycles. The lowest BCUT2D eigenvalue weighted by Gasteiger charge is -2.33. The molecule has 98 valence electrons. The van der Waals surface area contributed by atoms with Gasteiger partial charge in [-0.25, -0.2) is 0 Å². The number of rotatable bonds is 1. The minimum atomic E-state index is 0.328. The molecule has 0 N–H and O–H groups in total. The van der Waals surface area contributed by atoms with Crippen molar-refractivity contribution in [2.75, 3.05) is 0 Å². The molecule has 0 bridgehead atoms. The number of allylic oxidation sites excluding steroid dienone is 1. The number of hydrogen-bond donors (Lipinski definition) is 0. The van der Waals surface area contributed by atoms with Gasteiger partial charge < -0.3 is 0 Å². The predicted octanol–water partition coefficient (Wildman–Crippen LogP) is 5.49. The number of aryl methyl sites for hydroxylation is 1. The Morgan fingerprint density at radius 1 is 1.16 bits per heavy atom. The van der Waals surface area contributed by atoms with Crippen molar-refractivity contribution in [1.82, 2.24) is 0 Å². The van der Waals surface area contributed by atoms with Gasteiger partial charge >= 0.3 is 0 Å². The highest BCUT2D eigenvalue weighted by Crippen LogP contribution is 2.40. The first-order valence-electron chi connectivity index (χ1n) is 7.21. The number of hydrogen-bond acceptors (Lipinski definition) is 0. The molecular formula is C19H22. The van der Waals surface area contributed by atoms with E-state index in [1.165, 1.54) is 35.6 Å². The van der Waals surface area contributed by atoms with Crippen molar-refractivity contribution in [3.05, 3.63) is 53.6 Å². The van der Waals surface area contributed by atoms with Crippen LogP contribution >= 0.6 is 0 Å². The van der Waals surface area contributed by atoms with Crippen molar-refractivity contribution < 1.29 is 0 Å². The normalized spacial score (nSPS) is 17.2. The Kier molecular flexibility index (Phi) is 2.78. The second-order valence-corrected chi connectivity index (χ2v) is 6.55. The Labute approximate surface area is 116 Å². The second-order valence-electron chi connectivity index (χ2n) is 6.55. The highest BCUT2D eigenvalue weighted by Gasteiger charge is 2.28. The van der Waals surface area contributed by atoms with E-state index in [0.29, 0.717) is 5.41 Å². The van der Waals surface area contributed by atoms with Crippen LogP contribution < -0.4 is 0 Å². The minimum Gasteiger partial charge on any atom is -0.0955 e. The van der Waals surface area contributed by atoms with Crippen LogP contribution in [0.15, 0.2) is 36.9 Å². The summed E-state index contributed by atoms with van der Waals surface area (Å²) in [6.45, 7) is 10.9. The Balaban J connectivity index is 2.26. The third-order valence-electron chi connectivity index (χ3n) is 4.58. The van der Waals surface area contributed by atoms with Gasteiger partial charge in [0.25, 0.3) is 0 Å². The molecule has 0 radical (unpaired) electrons. The molecule has 0 heteroatoms. The van der Waals surface area contributed by atoms with E-state index >= 15 is 0 Å². The molecule has 0 heterocycles. The molecule has 0 fully saturated rings. The Morgan fingerprint density at radius 3 is 2.68 bits per heavy atom. The van der Waals surface area contributed by atoms with Gasteiger partial charge in [0.15, 0.2) is 0 Å². The van der Waals surface area contributed by atoms with Crippen LogP contribution in [0.5, 0.6) is 0 Å². The summed E-state index contributed by atoms with van der Waals surface area (Å²) in [5.41, 5.74) is 5.84. The standard InChI is InChI=1S/C19H22/c1-13(2)14-7-9-16-15(12-14)8-10-18-17(16)6-5-11-19(18,3)4/h7-10,12H,1,5-6,11H2,2-4H3. The van der Waals surface area contributed by atoms with Crippen LogP contribution in [0, 0.1) is 0 Å². The van der Waals surface area contributed by atoms with Crippen molar-refractivity contribution in [1.29, 1.82) is 0 Å². The summed E-state index contributed by atoms with van der Waals surface area (Å²) in [5.74, 6) is 0. The average molecular weight is 250 g/mol. The highest BCUT2D eigenvalue weighted by atomic mass is 14.3. The fourth-order valence-corrected chi connectivity index (χ4v) is 3.40. The summed E-state index contributed by atoms with van der Waals surface area (Å²) in [4.78, 5) is 0. The molecule has 3 rings (SSSR count). The lowest BCUT2D eigenvalue weighted by atomic mass is 9.71. The fourth-order valence-electron chi connectivity index (χ4n) is 3.40. The average Bonchev–Trinajstić information content (AvgIpc) is 2.37. The van der Waals surface area contributed by atoms with Crippen molar-refractivity contribution in [2.24, 2.45) is 0 Å². The van der Waals surface area contributed by atoms with E-state index in [4.69, 9.17) is 0 Å². The monoisotopic (exact) mass is 250 g/mol. The van der Waals surface area contributed by atoms with Crippen LogP contribution in [-0.4, -0.2) is 0 Å². The maximum atomic E-state index is 4.04. The van der Waals surface area contributed by atoms with Gasteiger partial charge in [-0.05, 0) is 65.1 Å². The van der Waals surface area contributed by atoms with Gasteiger partial charge in [0.05, 0.1) is 0 Å². The smallest absolute Gasteiger partial charge is 0.0100 e. The Bertz CT molecular complexity index is 659. The summed E-state index contributed by atoms with van der Waals surface area (Å²) < 4.78 is 0. The van der Waals surface area contributed by atoms with Gasteiger partial charge in [-0.2, -0.15) is 0 Å². The van der Waals surface area contributed by atoms with E-state index in [0.717, 1.165) is 5.57 Å². The van der Waals surface area contributed by atoms with Crippen LogP contribution in [0.25, 0.3) is 16.3 Å². The molecule has 0 spiro atoms. The van der Waals surface area contributed by atoms with Crippen LogP contribution in [-0.2, 0) is 11.8 Å². The molecular weight excluding hydrogens is 228 g/mol. The molecule has 2 aromatic carbocycles. The van der Waals surface area contributed by atoms with E-state index in [-0.39, 0.29) is 0 Å². The fraction of sp³-hybridized carbons (Fsp3) is 0.368. The maximum absolute atomic E-state index is 4.04. The summed E-state index contributed by atoms with van der Waals surface area (Å²) in [5, 5.41) is 2.80. The van der Waals surface area contributed by atoms with Gasteiger partial charge in [-0.15, -0.1) is 0 Å². The van der Waals surface area contributed by atoms with Crippen LogP contribution in [0.1, 0.15) is 50.3 Å². The van der Waals surface area contributed by atoms with Gasteiger partial charge in [-0.1, -0.05) is 50.3 Å². The van der Waals surface area contributed by atoms with Gasteiger partial charge in [-0.3, -0.25) is 0 Å². The molecule has 0 aromatic heterocycles. The van der Waals surface area contributed by atoms with Gasteiger partial charge in [0.1, 0.15) is 0 Å². The van der Waals surface area contributed by atoms with Crippen molar-refractivity contribution >= 4 is 16.3 Å². The van der Waals surface area contributed by atoms with E-state index < -0.39 is 0 Å². The highest BCUT2D eigenvalue weighted by molar-refractivity contribution is 5.90. The Hall–Kier alpha value is -1.56. The van der Waals surface area contributed by atoms with Crippen LogP contribution in [0.4, 0.5) is 0 Å². The summed E-state index contributed by atoms with van der Waals surface area (Å²) >= 11 is 0. The van der Waals surface area contributed by atoms with E-state index in [1.807, 2.05) is 0 Å². The topological polar surface area (TPSA) is 0 Å². The third-order valence-corrected chi connectivity index (χ3v) is 4.58. The van der Waals surface area contributed by atoms with E-state index in [1.54, 1.807) is 11.1 Å². The van der Waals surface area contributed by atoms with E-state index in [2.05, 4.69) is 57.7 Å². The second kappa shape index (κ2) is 4.23. The first kappa shape index (κ1) is 12.5. The maximum Gasteiger partial charge on any atom is -0.0100 e. The summed E-state index contributed by atoms with van der Waals surface area (Å²) in [6.07, 6.45) is 3.83. The van der Waals surface area contributed by atoms with E-state index in [9.17, 15) is 0 Å². The van der Waals surface area contributed by atoms with Crippen molar-refractivity contribution in [2.45, 2.75) is 45.4 Å². The first-order valence-corrected chi connectivity index (χ1v) is 7.21. The quantitative estimate of drug-likeness (QED) is 0.628. The third kappa shape index (κ3) is 2.00. The molecule has 0 saturated carbocycles. The van der Waals surface area contributed by atoms with Crippen LogP contribution in [0.2, 0.25) is 0 Å². The lowest BCUT2D eigenvalue weighted by Crippen LogP contribution is -2.23. The van der Waals surface area contributed by atoms with Gasteiger partial charge in [0, 0.05) is 0 Å². The van der Waals surface area contributed by atoms with Gasteiger partial charge in [0.2, 0.25) is 0 Å². The molecule has 0 atom stereocenters. The number of benzene rings is 2. The Morgan fingerprint density at radius 2 is 1.95 bits per heavy atom. The minimum absolute atomic E-state index is 0.328. The molecule has 2 aromatic rings. The molecule has 19 heavy (non-hydrogen) atoms. The zero-order valence-corrected chi connectivity index (χ0v) is 12.2. The van der Waals surface area contributed by atoms with Crippen molar-refractivity contribution in [3.8, 4) is 0 Å². The summed E-state index contributed by atoms with van der Waals surface area (Å²) in [7, 11) is 0. The molecule has 0 nitrogen and oxygen atoms in total. The molecule has 0 amide bonds. The first-order chi connectivity index (χ1) is 8.99.